The van der Waals surface area contributed by atoms with Gasteiger partial charge < -0.3 is 9.88 Å². The highest BCUT2D eigenvalue weighted by Gasteiger charge is 2.21. The lowest BCUT2D eigenvalue weighted by Crippen LogP contribution is -2.27. The summed E-state index contributed by atoms with van der Waals surface area (Å²) in [4.78, 5) is 15.1. The number of rotatable bonds is 4. The van der Waals surface area contributed by atoms with Gasteiger partial charge >= 0.3 is 0 Å². The molecule has 0 aliphatic heterocycles. The second-order valence-corrected chi connectivity index (χ2v) is 7.90. The molecule has 2 aromatic heterocycles. The number of hydrogen-bond donors (Lipinski definition) is 1. The third-order valence-corrected chi connectivity index (χ3v) is 6.09. The van der Waals surface area contributed by atoms with Gasteiger partial charge in [-0.05, 0) is 43.6 Å². The number of nitrogens with zero attached hydrogens (tertiary/aromatic N) is 3. The molecule has 2 saturated carbocycles. The maximum absolute atomic E-state index is 4.63. The van der Waals surface area contributed by atoms with Crippen LogP contribution in [0.25, 0.3) is 11.0 Å². The van der Waals surface area contributed by atoms with Crippen molar-refractivity contribution in [2.24, 2.45) is 5.92 Å². The molecule has 4 rings (SSSR count). The fourth-order valence-corrected chi connectivity index (χ4v) is 4.73. The van der Waals surface area contributed by atoms with Gasteiger partial charge in [0.05, 0.1) is 5.39 Å². The molecule has 0 unspecified atom stereocenters. The summed E-state index contributed by atoms with van der Waals surface area (Å²) in [5.74, 6) is 2.61. The number of H-pyrrole nitrogens is 1. The van der Waals surface area contributed by atoms with Gasteiger partial charge in [0.2, 0.25) is 0 Å². The normalized spacial score (nSPS) is 20.5. The van der Waals surface area contributed by atoms with E-state index in [-0.39, 0.29) is 0 Å². The summed E-state index contributed by atoms with van der Waals surface area (Å²) in [7, 11) is 2.20. The molecule has 130 valence electrons. The van der Waals surface area contributed by atoms with Crippen LogP contribution in [0.3, 0.4) is 0 Å². The topological polar surface area (TPSA) is 44.8 Å². The first-order valence-corrected chi connectivity index (χ1v) is 9.86. The summed E-state index contributed by atoms with van der Waals surface area (Å²) in [6, 6.07) is 2.33. The third kappa shape index (κ3) is 3.28. The largest absolute Gasteiger partial charge is 0.359 e. The molecule has 2 aliphatic carbocycles. The summed E-state index contributed by atoms with van der Waals surface area (Å²) in [5, 5.41) is 1.20. The molecule has 2 fully saturated rings. The molecule has 1 N–H and O–H groups in total. The standard InChI is InChI=1S/C20H30N4/c1-24(13-15-8-4-2-5-9-15)20-17-12-18(16-10-6-3-7-11-16)23-19(17)21-14-22-20/h12,14-16H,2-11,13H2,1H3,(H,21,22,23). The predicted octanol–water partition coefficient (Wildman–Crippen LogP) is 5.02. The average Bonchev–Trinajstić information content (AvgIpc) is 3.07. The molecule has 4 nitrogen and oxygen atoms in total. The Hall–Kier alpha value is -1.58. The summed E-state index contributed by atoms with van der Waals surface area (Å²) < 4.78 is 0. The van der Waals surface area contributed by atoms with Crippen molar-refractivity contribution in [3.05, 3.63) is 18.1 Å². The minimum atomic E-state index is 0.685. The van der Waals surface area contributed by atoms with Gasteiger partial charge in [-0.25, -0.2) is 9.97 Å². The van der Waals surface area contributed by atoms with Crippen LogP contribution in [0.4, 0.5) is 5.82 Å². The quantitative estimate of drug-likeness (QED) is 0.858. The Kier molecular flexibility index (Phi) is 4.72. The number of fused-ring (bicyclic) bond motifs is 1. The molecule has 0 spiro atoms. The number of aromatic amines is 1. The summed E-state index contributed by atoms with van der Waals surface area (Å²) in [5.41, 5.74) is 2.38. The highest BCUT2D eigenvalue weighted by atomic mass is 15.2. The van der Waals surface area contributed by atoms with Crippen molar-refractivity contribution in [3.8, 4) is 0 Å². The molecular weight excluding hydrogens is 296 g/mol. The summed E-state index contributed by atoms with van der Waals surface area (Å²) >= 11 is 0. The predicted molar refractivity (Wildman–Crippen MR) is 99.6 cm³/mol. The second kappa shape index (κ2) is 7.12. The second-order valence-electron chi connectivity index (χ2n) is 7.90. The van der Waals surface area contributed by atoms with Crippen LogP contribution in [0, 0.1) is 5.92 Å². The van der Waals surface area contributed by atoms with E-state index in [0.717, 1.165) is 23.9 Å². The Balaban J connectivity index is 1.56. The fourth-order valence-electron chi connectivity index (χ4n) is 4.73. The van der Waals surface area contributed by atoms with Crippen LogP contribution >= 0.6 is 0 Å². The van der Waals surface area contributed by atoms with E-state index < -0.39 is 0 Å². The van der Waals surface area contributed by atoms with Crippen LogP contribution in [0.1, 0.15) is 75.8 Å². The van der Waals surface area contributed by atoms with E-state index >= 15 is 0 Å². The molecule has 0 bridgehead atoms. The van der Waals surface area contributed by atoms with E-state index in [1.807, 2.05) is 0 Å². The van der Waals surface area contributed by atoms with Crippen molar-refractivity contribution in [3.63, 3.8) is 0 Å². The van der Waals surface area contributed by atoms with Crippen molar-refractivity contribution in [2.45, 2.75) is 70.1 Å². The van der Waals surface area contributed by atoms with Gasteiger partial charge in [0.15, 0.2) is 0 Å². The minimum Gasteiger partial charge on any atom is -0.359 e. The molecule has 24 heavy (non-hydrogen) atoms. The molecule has 2 heterocycles. The molecular formula is C20H30N4. The molecule has 4 heteroatoms. The molecule has 0 atom stereocenters. The maximum Gasteiger partial charge on any atom is 0.143 e. The lowest BCUT2D eigenvalue weighted by atomic mass is 9.87. The summed E-state index contributed by atoms with van der Waals surface area (Å²) in [6.45, 7) is 1.12. The Morgan fingerprint density at radius 2 is 1.71 bits per heavy atom. The number of aromatic nitrogens is 3. The number of hydrogen-bond acceptors (Lipinski definition) is 3. The molecule has 0 amide bonds. The Labute approximate surface area is 145 Å². The van der Waals surface area contributed by atoms with Crippen LogP contribution in [-0.4, -0.2) is 28.5 Å². The van der Waals surface area contributed by atoms with Crippen molar-refractivity contribution in [1.29, 1.82) is 0 Å². The van der Waals surface area contributed by atoms with Crippen LogP contribution in [0.2, 0.25) is 0 Å². The zero-order valence-electron chi connectivity index (χ0n) is 14.9. The van der Waals surface area contributed by atoms with Gasteiger partial charge in [0.25, 0.3) is 0 Å². The van der Waals surface area contributed by atoms with E-state index in [1.54, 1.807) is 6.33 Å². The molecule has 2 aromatic rings. The van der Waals surface area contributed by atoms with Crippen LogP contribution < -0.4 is 4.90 Å². The Morgan fingerprint density at radius 1 is 1.00 bits per heavy atom. The number of anilines is 1. The van der Waals surface area contributed by atoms with Crippen LogP contribution in [-0.2, 0) is 0 Å². The molecule has 0 aromatic carbocycles. The first-order chi connectivity index (χ1) is 11.8. The first kappa shape index (κ1) is 15.9. The highest BCUT2D eigenvalue weighted by molar-refractivity contribution is 5.88. The van der Waals surface area contributed by atoms with E-state index in [0.29, 0.717) is 5.92 Å². The van der Waals surface area contributed by atoms with Crippen molar-refractivity contribution < 1.29 is 0 Å². The lowest BCUT2D eigenvalue weighted by Gasteiger charge is -2.27. The molecule has 2 aliphatic rings. The van der Waals surface area contributed by atoms with E-state index in [1.165, 1.54) is 75.3 Å². The van der Waals surface area contributed by atoms with Gasteiger partial charge in [-0.1, -0.05) is 38.5 Å². The first-order valence-electron chi connectivity index (χ1n) is 9.86. The van der Waals surface area contributed by atoms with Crippen molar-refractivity contribution in [1.82, 2.24) is 15.0 Å². The fraction of sp³-hybridized carbons (Fsp3) is 0.700. The van der Waals surface area contributed by atoms with Gasteiger partial charge in [-0.2, -0.15) is 0 Å². The number of nitrogens with one attached hydrogen (secondary N) is 1. The Bertz CT molecular complexity index is 665. The SMILES string of the molecule is CN(CC1CCCCC1)c1ncnc2[nH]c(C3CCCCC3)cc12. The highest BCUT2D eigenvalue weighted by Crippen LogP contribution is 2.35. The maximum atomic E-state index is 4.63. The summed E-state index contributed by atoms with van der Waals surface area (Å²) in [6.07, 6.45) is 15.4. The van der Waals surface area contributed by atoms with Crippen molar-refractivity contribution >= 4 is 16.9 Å². The van der Waals surface area contributed by atoms with E-state index in [2.05, 4.69) is 33.0 Å². The van der Waals surface area contributed by atoms with Gasteiger partial charge in [0, 0.05) is 19.3 Å². The third-order valence-electron chi connectivity index (χ3n) is 6.09. The van der Waals surface area contributed by atoms with E-state index in [4.69, 9.17) is 0 Å². The monoisotopic (exact) mass is 326 g/mol. The lowest BCUT2D eigenvalue weighted by molar-refractivity contribution is 0.362. The average molecular weight is 326 g/mol. The zero-order valence-corrected chi connectivity index (χ0v) is 14.9. The van der Waals surface area contributed by atoms with Gasteiger partial charge in [-0.3, -0.25) is 0 Å². The zero-order chi connectivity index (χ0) is 16.4. The van der Waals surface area contributed by atoms with Crippen LogP contribution in [0.15, 0.2) is 12.4 Å². The van der Waals surface area contributed by atoms with E-state index in [9.17, 15) is 0 Å². The van der Waals surface area contributed by atoms with Gasteiger partial charge in [-0.15, -0.1) is 0 Å². The van der Waals surface area contributed by atoms with Crippen LogP contribution in [0.5, 0.6) is 0 Å². The minimum absolute atomic E-state index is 0.685. The molecule has 0 saturated heterocycles. The molecule has 0 radical (unpaired) electrons. The Morgan fingerprint density at radius 3 is 2.46 bits per heavy atom. The van der Waals surface area contributed by atoms with Gasteiger partial charge in [0.1, 0.15) is 17.8 Å². The smallest absolute Gasteiger partial charge is 0.143 e. The van der Waals surface area contributed by atoms with Crippen molar-refractivity contribution in [2.75, 3.05) is 18.5 Å².